The van der Waals surface area contributed by atoms with Gasteiger partial charge in [0.15, 0.2) is 17.3 Å². The van der Waals surface area contributed by atoms with E-state index in [0.717, 1.165) is 0 Å². The number of ketones is 1. The van der Waals surface area contributed by atoms with Gasteiger partial charge in [0.25, 0.3) is 0 Å². The first-order valence-corrected chi connectivity index (χ1v) is 4.69. The maximum absolute atomic E-state index is 11.0. The van der Waals surface area contributed by atoms with Crippen LogP contribution in [0.1, 0.15) is 12.0 Å². The maximum atomic E-state index is 11.0. The molecule has 0 saturated carbocycles. The van der Waals surface area contributed by atoms with Crippen molar-refractivity contribution in [3.8, 4) is 11.5 Å². The SMILES string of the molecule is COc1cc(C=CC(=O)CC=O)ccc1O. The zero-order valence-electron chi connectivity index (χ0n) is 8.84. The summed E-state index contributed by atoms with van der Waals surface area (Å²) in [7, 11) is 1.44. The summed E-state index contributed by atoms with van der Waals surface area (Å²) in [6.45, 7) is 0. The highest BCUT2D eigenvalue weighted by Gasteiger charge is 2.01. The van der Waals surface area contributed by atoms with Crippen molar-refractivity contribution >= 4 is 18.1 Å². The zero-order chi connectivity index (χ0) is 12.0. The number of hydrogen-bond donors (Lipinski definition) is 1. The number of rotatable bonds is 5. The van der Waals surface area contributed by atoms with Gasteiger partial charge in [0.2, 0.25) is 0 Å². The number of hydrogen-bond acceptors (Lipinski definition) is 4. The Labute approximate surface area is 93.2 Å². The molecular formula is C12H12O4. The molecule has 0 aromatic heterocycles. The van der Waals surface area contributed by atoms with E-state index in [4.69, 9.17) is 4.74 Å². The van der Waals surface area contributed by atoms with Crippen molar-refractivity contribution in [2.75, 3.05) is 7.11 Å². The number of methoxy groups -OCH3 is 1. The van der Waals surface area contributed by atoms with Crippen LogP contribution in [0.5, 0.6) is 11.5 Å². The summed E-state index contributed by atoms with van der Waals surface area (Å²) in [5.74, 6) is 0.117. The minimum absolute atomic E-state index is 0.0406. The average molecular weight is 220 g/mol. The van der Waals surface area contributed by atoms with Crippen LogP contribution < -0.4 is 4.74 Å². The lowest BCUT2D eigenvalue weighted by Crippen LogP contribution is -1.92. The monoisotopic (exact) mass is 220 g/mol. The minimum atomic E-state index is -0.262. The summed E-state index contributed by atoms with van der Waals surface area (Å²) in [5.41, 5.74) is 0.717. The Morgan fingerprint density at radius 2 is 2.25 bits per heavy atom. The van der Waals surface area contributed by atoms with Gasteiger partial charge in [-0.15, -0.1) is 0 Å². The van der Waals surface area contributed by atoms with E-state index in [0.29, 0.717) is 17.6 Å². The quantitative estimate of drug-likeness (QED) is 0.464. The summed E-state index contributed by atoms with van der Waals surface area (Å²) >= 11 is 0. The second-order valence-electron chi connectivity index (χ2n) is 3.10. The highest BCUT2D eigenvalue weighted by molar-refractivity contribution is 6.00. The summed E-state index contributed by atoms with van der Waals surface area (Å²) in [6.07, 6.45) is 3.32. The Morgan fingerprint density at radius 1 is 1.50 bits per heavy atom. The Hall–Kier alpha value is -2.10. The molecule has 16 heavy (non-hydrogen) atoms. The summed E-state index contributed by atoms with van der Waals surface area (Å²) in [6, 6.07) is 4.71. The molecule has 0 fully saturated rings. The molecule has 0 amide bonds. The van der Waals surface area contributed by atoms with Crippen molar-refractivity contribution in [3.63, 3.8) is 0 Å². The topological polar surface area (TPSA) is 63.6 Å². The maximum Gasteiger partial charge on any atom is 0.162 e. The van der Waals surface area contributed by atoms with Crippen LogP contribution in [-0.4, -0.2) is 24.3 Å². The fourth-order valence-corrected chi connectivity index (χ4v) is 1.14. The Balaban J connectivity index is 2.81. The van der Waals surface area contributed by atoms with Crippen molar-refractivity contribution in [2.45, 2.75) is 6.42 Å². The van der Waals surface area contributed by atoms with E-state index in [1.807, 2.05) is 0 Å². The number of allylic oxidation sites excluding steroid dienone is 1. The van der Waals surface area contributed by atoms with E-state index >= 15 is 0 Å². The first-order chi connectivity index (χ1) is 7.67. The number of benzene rings is 1. The molecule has 0 radical (unpaired) electrons. The predicted octanol–water partition coefficient (Wildman–Crippen LogP) is 1.57. The molecule has 1 aromatic carbocycles. The van der Waals surface area contributed by atoms with Gasteiger partial charge >= 0.3 is 0 Å². The van der Waals surface area contributed by atoms with Gasteiger partial charge in [-0.3, -0.25) is 4.79 Å². The lowest BCUT2D eigenvalue weighted by molar-refractivity contribution is -0.118. The highest BCUT2D eigenvalue weighted by atomic mass is 16.5. The molecule has 0 aliphatic carbocycles. The smallest absolute Gasteiger partial charge is 0.162 e. The number of phenolic OH excluding ortho intramolecular Hbond substituents is 1. The van der Waals surface area contributed by atoms with Crippen LogP contribution in [0.4, 0.5) is 0 Å². The Bertz CT molecular complexity index is 421. The van der Waals surface area contributed by atoms with Gasteiger partial charge in [-0.25, -0.2) is 0 Å². The summed E-state index contributed by atoms with van der Waals surface area (Å²) < 4.78 is 4.91. The third kappa shape index (κ3) is 3.24. The fraction of sp³-hybridized carbons (Fsp3) is 0.167. The molecule has 4 nitrogen and oxygen atoms in total. The van der Waals surface area contributed by atoms with E-state index in [-0.39, 0.29) is 18.0 Å². The minimum Gasteiger partial charge on any atom is -0.504 e. The van der Waals surface area contributed by atoms with E-state index in [9.17, 15) is 14.7 Å². The number of carbonyl (C=O) groups excluding carboxylic acids is 2. The average Bonchev–Trinajstić information content (AvgIpc) is 2.28. The summed E-state index contributed by atoms with van der Waals surface area (Å²) in [5, 5.41) is 9.33. The number of phenols is 1. The lowest BCUT2D eigenvalue weighted by Gasteiger charge is -2.03. The largest absolute Gasteiger partial charge is 0.504 e. The van der Waals surface area contributed by atoms with Crippen LogP contribution in [0.25, 0.3) is 6.08 Å². The standard InChI is InChI=1S/C12H12O4/c1-16-12-8-9(3-5-11(12)15)2-4-10(14)6-7-13/h2-5,7-8,15H,6H2,1H3. The van der Waals surface area contributed by atoms with Crippen LogP contribution in [-0.2, 0) is 9.59 Å². The van der Waals surface area contributed by atoms with Gasteiger partial charge < -0.3 is 14.6 Å². The van der Waals surface area contributed by atoms with Crippen molar-refractivity contribution in [2.24, 2.45) is 0 Å². The molecule has 1 rings (SSSR count). The zero-order valence-corrected chi connectivity index (χ0v) is 8.84. The molecule has 84 valence electrons. The molecule has 4 heteroatoms. The van der Waals surface area contributed by atoms with Gasteiger partial charge in [0.1, 0.15) is 6.29 Å². The van der Waals surface area contributed by atoms with E-state index < -0.39 is 0 Å². The molecule has 1 aromatic rings. The second kappa shape index (κ2) is 5.70. The van der Waals surface area contributed by atoms with E-state index in [1.165, 1.54) is 19.3 Å². The van der Waals surface area contributed by atoms with Gasteiger partial charge in [0, 0.05) is 0 Å². The normalized spacial score (nSPS) is 10.3. The lowest BCUT2D eigenvalue weighted by atomic mass is 10.1. The first-order valence-electron chi connectivity index (χ1n) is 4.69. The van der Waals surface area contributed by atoms with Gasteiger partial charge in [-0.1, -0.05) is 12.1 Å². The van der Waals surface area contributed by atoms with Gasteiger partial charge in [0.05, 0.1) is 13.5 Å². The van der Waals surface area contributed by atoms with Crippen molar-refractivity contribution in [3.05, 3.63) is 29.8 Å². The number of aromatic hydroxyl groups is 1. The van der Waals surface area contributed by atoms with Crippen molar-refractivity contribution in [1.82, 2.24) is 0 Å². The van der Waals surface area contributed by atoms with Crippen molar-refractivity contribution in [1.29, 1.82) is 0 Å². The van der Waals surface area contributed by atoms with Crippen LogP contribution in [0.15, 0.2) is 24.3 Å². The third-order valence-corrected chi connectivity index (χ3v) is 1.95. The molecule has 0 spiro atoms. The Kier molecular flexibility index (Phi) is 4.27. The molecule has 0 unspecified atom stereocenters. The number of ether oxygens (including phenoxy) is 1. The number of aldehydes is 1. The molecule has 0 heterocycles. The third-order valence-electron chi connectivity index (χ3n) is 1.95. The molecule has 0 aliphatic rings. The van der Waals surface area contributed by atoms with Gasteiger partial charge in [-0.05, 0) is 23.8 Å². The van der Waals surface area contributed by atoms with Crippen molar-refractivity contribution < 1.29 is 19.4 Å². The fourth-order valence-electron chi connectivity index (χ4n) is 1.14. The molecule has 0 saturated heterocycles. The Morgan fingerprint density at radius 3 is 2.88 bits per heavy atom. The number of carbonyl (C=O) groups is 2. The summed E-state index contributed by atoms with van der Waals surface area (Å²) in [4.78, 5) is 21.1. The van der Waals surface area contributed by atoms with Crippen LogP contribution in [0.2, 0.25) is 0 Å². The van der Waals surface area contributed by atoms with Crippen LogP contribution in [0, 0.1) is 0 Å². The molecule has 1 N–H and O–H groups in total. The first kappa shape index (κ1) is 12.0. The molecule has 0 bridgehead atoms. The predicted molar refractivity (Wildman–Crippen MR) is 59.4 cm³/mol. The molecule has 0 atom stereocenters. The molecule has 0 aliphatic heterocycles. The van der Waals surface area contributed by atoms with Crippen LogP contribution >= 0.6 is 0 Å². The van der Waals surface area contributed by atoms with Crippen LogP contribution in [0.3, 0.4) is 0 Å². The van der Waals surface area contributed by atoms with E-state index in [2.05, 4.69) is 0 Å². The second-order valence-corrected chi connectivity index (χ2v) is 3.10. The molecular weight excluding hydrogens is 208 g/mol. The highest BCUT2D eigenvalue weighted by Crippen LogP contribution is 2.26. The van der Waals surface area contributed by atoms with Gasteiger partial charge in [-0.2, -0.15) is 0 Å². The van der Waals surface area contributed by atoms with E-state index in [1.54, 1.807) is 18.2 Å².